The summed E-state index contributed by atoms with van der Waals surface area (Å²) in [5.41, 5.74) is 8.74. The maximum absolute atomic E-state index is 10.9. The number of primary amides is 1. The molecule has 1 aliphatic rings. The molecule has 1 amide bonds. The third kappa shape index (κ3) is 2.24. The predicted molar refractivity (Wildman–Crippen MR) is 63.1 cm³/mol. The number of benzene rings is 1. The van der Waals surface area contributed by atoms with Crippen molar-refractivity contribution in [1.82, 2.24) is 0 Å². The van der Waals surface area contributed by atoms with E-state index in [4.69, 9.17) is 10.5 Å². The van der Waals surface area contributed by atoms with Crippen LogP contribution in [0.2, 0.25) is 0 Å². The van der Waals surface area contributed by atoms with Gasteiger partial charge in [-0.05, 0) is 36.1 Å². The lowest BCUT2D eigenvalue weighted by molar-refractivity contribution is -0.117. The summed E-state index contributed by atoms with van der Waals surface area (Å²) in [5, 5.41) is 0. The number of nitrogens with two attached hydrogens (primary N) is 1. The van der Waals surface area contributed by atoms with E-state index in [1.165, 1.54) is 5.56 Å². The van der Waals surface area contributed by atoms with Crippen LogP contribution in [0.4, 0.5) is 0 Å². The smallest absolute Gasteiger partial charge is 0.221 e. The van der Waals surface area contributed by atoms with Crippen LogP contribution in [0, 0.1) is 0 Å². The second-order valence-electron chi connectivity index (χ2n) is 4.01. The van der Waals surface area contributed by atoms with Crippen molar-refractivity contribution in [3.05, 3.63) is 34.9 Å². The Morgan fingerprint density at radius 1 is 1.44 bits per heavy atom. The molecule has 0 unspecified atom stereocenters. The van der Waals surface area contributed by atoms with E-state index in [2.05, 4.69) is 6.07 Å². The first-order valence-electron chi connectivity index (χ1n) is 5.33. The largest absolute Gasteiger partial charge is 0.497 e. The van der Waals surface area contributed by atoms with Gasteiger partial charge in [-0.3, -0.25) is 4.79 Å². The Hall–Kier alpha value is -1.77. The summed E-state index contributed by atoms with van der Waals surface area (Å²) in [5.74, 6) is 0.577. The van der Waals surface area contributed by atoms with Gasteiger partial charge in [0.2, 0.25) is 5.91 Å². The third-order valence-electron chi connectivity index (χ3n) is 2.83. The van der Waals surface area contributed by atoms with E-state index >= 15 is 0 Å². The second kappa shape index (κ2) is 4.39. The van der Waals surface area contributed by atoms with Crippen LogP contribution in [-0.2, 0) is 11.2 Å². The number of ether oxygens (including phenoxy) is 1. The molecule has 3 nitrogen and oxygen atoms in total. The molecule has 1 aromatic carbocycles. The normalized spacial score (nSPS) is 13.9. The molecule has 0 spiro atoms. The number of hydrogen-bond acceptors (Lipinski definition) is 2. The van der Waals surface area contributed by atoms with Gasteiger partial charge < -0.3 is 10.5 Å². The first kappa shape index (κ1) is 10.7. The van der Waals surface area contributed by atoms with Crippen LogP contribution < -0.4 is 10.5 Å². The van der Waals surface area contributed by atoms with E-state index in [9.17, 15) is 4.79 Å². The lowest BCUT2D eigenvalue weighted by atomic mass is 9.90. The lowest BCUT2D eigenvalue weighted by Gasteiger charge is -2.16. The molecule has 0 heterocycles. The van der Waals surface area contributed by atoms with Gasteiger partial charge in [0.25, 0.3) is 0 Å². The van der Waals surface area contributed by atoms with Crippen molar-refractivity contribution in [3.63, 3.8) is 0 Å². The highest BCUT2D eigenvalue weighted by Gasteiger charge is 2.12. The molecule has 2 rings (SSSR count). The monoisotopic (exact) mass is 217 g/mol. The van der Waals surface area contributed by atoms with E-state index in [1.54, 1.807) is 7.11 Å². The van der Waals surface area contributed by atoms with Gasteiger partial charge in [0.15, 0.2) is 0 Å². The summed E-state index contributed by atoms with van der Waals surface area (Å²) in [6, 6.07) is 6.03. The number of methoxy groups -OCH3 is 1. The number of fused-ring (bicyclic) bond motifs is 1. The van der Waals surface area contributed by atoms with Crippen molar-refractivity contribution < 1.29 is 9.53 Å². The zero-order chi connectivity index (χ0) is 11.5. The summed E-state index contributed by atoms with van der Waals surface area (Å²) in [7, 11) is 1.65. The quantitative estimate of drug-likeness (QED) is 0.840. The Morgan fingerprint density at radius 2 is 2.25 bits per heavy atom. The fourth-order valence-electron chi connectivity index (χ4n) is 2.01. The molecule has 0 aromatic heterocycles. The number of amides is 1. The molecule has 2 N–H and O–H groups in total. The van der Waals surface area contributed by atoms with Gasteiger partial charge in [0.1, 0.15) is 5.75 Å². The van der Waals surface area contributed by atoms with Gasteiger partial charge in [0, 0.05) is 6.42 Å². The number of hydrogen-bond donors (Lipinski definition) is 1. The van der Waals surface area contributed by atoms with E-state index in [-0.39, 0.29) is 5.91 Å². The Bertz CT molecular complexity index is 449. The predicted octanol–water partition coefficient (Wildman–Crippen LogP) is 1.90. The molecule has 1 aliphatic carbocycles. The minimum absolute atomic E-state index is 0.266. The molecule has 0 saturated heterocycles. The van der Waals surface area contributed by atoms with E-state index < -0.39 is 0 Å². The fraction of sp³-hybridized carbons (Fsp3) is 0.308. The molecular formula is C13H15NO2. The molecule has 3 heteroatoms. The molecule has 0 radical (unpaired) electrons. The zero-order valence-corrected chi connectivity index (χ0v) is 9.32. The lowest BCUT2D eigenvalue weighted by Crippen LogP contribution is -2.12. The number of rotatable bonds is 3. The zero-order valence-electron chi connectivity index (χ0n) is 9.32. The Kier molecular flexibility index (Phi) is 2.95. The summed E-state index contributed by atoms with van der Waals surface area (Å²) in [4.78, 5) is 10.9. The van der Waals surface area contributed by atoms with E-state index in [1.807, 2.05) is 18.2 Å². The Labute approximate surface area is 94.9 Å². The number of carbonyl (C=O) groups excluding carboxylic acids is 1. The van der Waals surface area contributed by atoms with Crippen LogP contribution in [0.5, 0.6) is 5.75 Å². The maximum atomic E-state index is 10.9. The van der Waals surface area contributed by atoms with E-state index in [0.29, 0.717) is 6.42 Å². The molecule has 84 valence electrons. The van der Waals surface area contributed by atoms with Crippen molar-refractivity contribution >= 4 is 12.0 Å². The average molecular weight is 217 g/mol. The van der Waals surface area contributed by atoms with Gasteiger partial charge in [-0.15, -0.1) is 0 Å². The van der Waals surface area contributed by atoms with E-state index in [0.717, 1.165) is 29.7 Å². The van der Waals surface area contributed by atoms with Gasteiger partial charge in [-0.25, -0.2) is 0 Å². The number of carbonyl (C=O) groups is 1. The SMILES string of the molecule is COc1ccc2c(c1)C=C(CC(N)=O)CC2. The highest BCUT2D eigenvalue weighted by atomic mass is 16.5. The molecule has 0 fully saturated rings. The Balaban J connectivity index is 2.30. The molecule has 0 bridgehead atoms. The Morgan fingerprint density at radius 3 is 2.94 bits per heavy atom. The standard InChI is InChI=1S/C13H15NO2/c1-16-12-5-4-10-3-2-9(7-13(14)15)6-11(10)8-12/h4-6,8H,2-3,7H2,1H3,(H2,14,15). The first-order chi connectivity index (χ1) is 7.69. The minimum Gasteiger partial charge on any atom is -0.497 e. The van der Waals surface area contributed by atoms with Gasteiger partial charge >= 0.3 is 0 Å². The summed E-state index contributed by atoms with van der Waals surface area (Å²) in [6.45, 7) is 0. The van der Waals surface area contributed by atoms with Crippen molar-refractivity contribution in [2.75, 3.05) is 7.11 Å². The molecule has 0 atom stereocenters. The topological polar surface area (TPSA) is 52.3 Å². The van der Waals surface area contributed by atoms with Crippen LogP contribution in [0.25, 0.3) is 6.08 Å². The minimum atomic E-state index is -0.266. The maximum Gasteiger partial charge on any atom is 0.221 e. The number of aryl methyl sites for hydroxylation is 1. The van der Waals surface area contributed by atoms with Crippen LogP contribution >= 0.6 is 0 Å². The van der Waals surface area contributed by atoms with Crippen molar-refractivity contribution in [1.29, 1.82) is 0 Å². The third-order valence-corrected chi connectivity index (χ3v) is 2.83. The van der Waals surface area contributed by atoms with Crippen LogP contribution in [0.15, 0.2) is 23.8 Å². The van der Waals surface area contributed by atoms with Crippen LogP contribution in [0.3, 0.4) is 0 Å². The van der Waals surface area contributed by atoms with Crippen LogP contribution in [-0.4, -0.2) is 13.0 Å². The molecular weight excluding hydrogens is 202 g/mol. The van der Waals surface area contributed by atoms with Gasteiger partial charge in [-0.2, -0.15) is 0 Å². The summed E-state index contributed by atoms with van der Waals surface area (Å²) in [6.07, 6.45) is 4.30. The van der Waals surface area contributed by atoms with Gasteiger partial charge in [-0.1, -0.05) is 17.7 Å². The van der Waals surface area contributed by atoms with Crippen molar-refractivity contribution in [2.45, 2.75) is 19.3 Å². The highest BCUT2D eigenvalue weighted by molar-refractivity contribution is 5.79. The highest BCUT2D eigenvalue weighted by Crippen LogP contribution is 2.28. The summed E-state index contributed by atoms with van der Waals surface area (Å²) < 4.78 is 5.18. The van der Waals surface area contributed by atoms with Crippen LogP contribution in [0.1, 0.15) is 24.0 Å². The summed E-state index contributed by atoms with van der Waals surface area (Å²) >= 11 is 0. The van der Waals surface area contributed by atoms with Gasteiger partial charge in [0.05, 0.1) is 7.11 Å². The van der Waals surface area contributed by atoms with Crippen molar-refractivity contribution in [3.8, 4) is 5.75 Å². The van der Waals surface area contributed by atoms with Crippen molar-refractivity contribution in [2.24, 2.45) is 5.73 Å². The molecule has 1 aromatic rings. The average Bonchev–Trinajstić information content (AvgIpc) is 2.27. The molecule has 0 saturated carbocycles. The second-order valence-corrected chi connectivity index (χ2v) is 4.01. The first-order valence-corrected chi connectivity index (χ1v) is 5.33. The molecule has 16 heavy (non-hydrogen) atoms. The molecule has 0 aliphatic heterocycles. The fourth-order valence-corrected chi connectivity index (χ4v) is 2.01.